The van der Waals surface area contributed by atoms with Gasteiger partial charge in [-0.3, -0.25) is 19.8 Å². The monoisotopic (exact) mass is 443 g/mol. The fraction of sp³-hybridized carbons (Fsp3) is 0.296. The Morgan fingerprint density at radius 3 is 2.24 bits per heavy atom. The third-order valence-corrected chi connectivity index (χ3v) is 6.27. The molecule has 1 aliphatic rings. The standard InChI is InChI=1S/C27H29N3O3/c1-20-6-10-23(11-7-20)27(31)29(26-5-3-4-21(2)18-26)24-14-16-28(17-15-24)19-22-8-12-25(13-9-22)30(32)33/h3-13,18,24H,14-17,19H2,1-2H3. The van der Waals surface area contributed by atoms with Crippen LogP contribution < -0.4 is 4.90 Å². The lowest BCUT2D eigenvalue weighted by Crippen LogP contribution is -2.47. The summed E-state index contributed by atoms with van der Waals surface area (Å²) in [5, 5.41) is 10.9. The minimum absolute atomic E-state index is 0.0365. The van der Waals surface area contributed by atoms with E-state index in [0.29, 0.717) is 5.56 Å². The van der Waals surface area contributed by atoms with Crippen molar-refractivity contribution in [2.24, 2.45) is 0 Å². The summed E-state index contributed by atoms with van der Waals surface area (Å²) >= 11 is 0. The van der Waals surface area contributed by atoms with Crippen LogP contribution in [0.2, 0.25) is 0 Å². The summed E-state index contributed by atoms with van der Waals surface area (Å²) in [6.45, 7) is 6.55. The van der Waals surface area contributed by atoms with Crippen molar-refractivity contribution in [3.05, 3.63) is 105 Å². The minimum Gasteiger partial charge on any atom is -0.305 e. The van der Waals surface area contributed by atoms with Crippen LogP contribution >= 0.6 is 0 Å². The molecule has 4 rings (SSSR count). The molecule has 0 aliphatic carbocycles. The number of carbonyl (C=O) groups is 1. The minimum atomic E-state index is -0.375. The van der Waals surface area contributed by atoms with Crippen molar-refractivity contribution in [2.45, 2.75) is 39.3 Å². The lowest BCUT2D eigenvalue weighted by molar-refractivity contribution is -0.384. The third-order valence-electron chi connectivity index (χ3n) is 6.27. The summed E-state index contributed by atoms with van der Waals surface area (Å²) in [4.78, 5) is 28.4. The Balaban J connectivity index is 1.48. The van der Waals surface area contributed by atoms with Crippen LogP contribution in [0.25, 0.3) is 0 Å². The molecule has 33 heavy (non-hydrogen) atoms. The molecule has 1 heterocycles. The van der Waals surface area contributed by atoms with Gasteiger partial charge in [0.15, 0.2) is 0 Å². The Morgan fingerprint density at radius 1 is 0.970 bits per heavy atom. The van der Waals surface area contributed by atoms with E-state index in [-0.39, 0.29) is 22.6 Å². The number of amides is 1. The van der Waals surface area contributed by atoms with Gasteiger partial charge in [-0.1, -0.05) is 42.0 Å². The molecule has 6 nitrogen and oxygen atoms in total. The van der Waals surface area contributed by atoms with E-state index in [1.165, 1.54) is 0 Å². The highest BCUT2D eigenvalue weighted by Crippen LogP contribution is 2.27. The van der Waals surface area contributed by atoms with Crippen molar-refractivity contribution >= 4 is 17.3 Å². The Kier molecular flexibility index (Phi) is 6.84. The van der Waals surface area contributed by atoms with Crippen LogP contribution in [0.1, 0.15) is 39.9 Å². The van der Waals surface area contributed by atoms with Gasteiger partial charge >= 0.3 is 0 Å². The first-order valence-corrected chi connectivity index (χ1v) is 11.3. The lowest BCUT2D eigenvalue weighted by atomic mass is 9.99. The molecule has 1 fully saturated rings. The topological polar surface area (TPSA) is 66.7 Å². The van der Waals surface area contributed by atoms with E-state index >= 15 is 0 Å². The molecular formula is C27H29N3O3. The molecule has 1 saturated heterocycles. The zero-order valence-corrected chi connectivity index (χ0v) is 19.1. The molecule has 1 aliphatic heterocycles. The zero-order chi connectivity index (χ0) is 23.4. The molecule has 0 aromatic heterocycles. The van der Waals surface area contributed by atoms with Crippen molar-refractivity contribution in [2.75, 3.05) is 18.0 Å². The first-order chi connectivity index (χ1) is 15.9. The lowest BCUT2D eigenvalue weighted by Gasteiger charge is -2.39. The van der Waals surface area contributed by atoms with Gasteiger partial charge in [-0.15, -0.1) is 0 Å². The number of non-ortho nitro benzene ring substituents is 1. The van der Waals surface area contributed by atoms with E-state index in [1.807, 2.05) is 73.3 Å². The molecule has 0 radical (unpaired) electrons. The van der Waals surface area contributed by atoms with Crippen molar-refractivity contribution in [1.82, 2.24) is 4.90 Å². The third kappa shape index (κ3) is 5.46. The maximum Gasteiger partial charge on any atom is 0.269 e. The molecule has 0 unspecified atom stereocenters. The normalized spacial score (nSPS) is 14.7. The number of piperidine rings is 1. The number of carbonyl (C=O) groups excluding carboxylic acids is 1. The van der Waals surface area contributed by atoms with Gasteiger partial charge in [0.05, 0.1) is 4.92 Å². The van der Waals surface area contributed by atoms with Gasteiger partial charge in [-0.2, -0.15) is 0 Å². The summed E-state index contributed by atoms with van der Waals surface area (Å²) in [6.07, 6.45) is 1.75. The van der Waals surface area contributed by atoms with Gasteiger partial charge in [-0.05, 0) is 62.1 Å². The van der Waals surface area contributed by atoms with Crippen molar-refractivity contribution in [3.8, 4) is 0 Å². The summed E-state index contributed by atoms with van der Waals surface area (Å²) < 4.78 is 0. The van der Waals surface area contributed by atoms with E-state index in [9.17, 15) is 14.9 Å². The highest BCUT2D eigenvalue weighted by molar-refractivity contribution is 6.06. The number of likely N-dealkylation sites (tertiary alicyclic amines) is 1. The molecule has 0 saturated carbocycles. The maximum atomic E-state index is 13.6. The van der Waals surface area contributed by atoms with E-state index in [0.717, 1.165) is 54.9 Å². The number of rotatable bonds is 6. The number of benzene rings is 3. The largest absolute Gasteiger partial charge is 0.305 e. The molecule has 0 bridgehead atoms. The quantitative estimate of drug-likeness (QED) is 0.371. The number of aryl methyl sites for hydroxylation is 2. The fourth-order valence-corrected chi connectivity index (χ4v) is 4.42. The van der Waals surface area contributed by atoms with Crippen LogP contribution in [-0.4, -0.2) is 34.9 Å². The van der Waals surface area contributed by atoms with Crippen molar-refractivity contribution in [1.29, 1.82) is 0 Å². The molecule has 3 aromatic rings. The van der Waals surface area contributed by atoms with Crippen LogP contribution in [0.5, 0.6) is 0 Å². The predicted octanol–water partition coefficient (Wildman–Crippen LogP) is 5.52. The number of nitro benzene ring substituents is 1. The van der Waals surface area contributed by atoms with Gasteiger partial charge in [-0.25, -0.2) is 0 Å². The average molecular weight is 444 g/mol. The number of nitrogens with zero attached hydrogens (tertiary/aromatic N) is 3. The van der Waals surface area contributed by atoms with Crippen LogP contribution in [0, 0.1) is 24.0 Å². The summed E-state index contributed by atoms with van der Waals surface area (Å²) in [7, 11) is 0. The molecule has 0 atom stereocenters. The number of hydrogen-bond donors (Lipinski definition) is 0. The van der Waals surface area contributed by atoms with E-state index in [2.05, 4.69) is 11.0 Å². The molecule has 3 aromatic carbocycles. The second-order valence-corrected chi connectivity index (χ2v) is 8.81. The zero-order valence-electron chi connectivity index (χ0n) is 19.1. The molecule has 0 spiro atoms. The van der Waals surface area contributed by atoms with Crippen molar-refractivity contribution < 1.29 is 9.72 Å². The fourth-order valence-electron chi connectivity index (χ4n) is 4.42. The van der Waals surface area contributed by atoms with Crippen LogP contribution in [0.15, 0.2) is 72.8 Å². The molecule has 170 valence electrons. The van der Waals surface area contributed by atoms with E-state index in [1.54, 1.807) is 12.1 Å². The molecule has 0 N–H and O–H groups in total. The Hall–Kier alpha value is -3.51. The van der Waals surface area contributed by atoms with Gasteiger partial charge < -0.3 is 4.90 Å². The van der Waals surface area contributed by atoms with Crippen LogP contribution in [0.3, 0.4) is 0 Å². The molecule has 6 heteroatoms. The molecule has 1 amide bonds. The van der Waals surface area contributed by atoms with E-state index in [4.69, 9.17) is 0 Å². The SMILES string of the molecule is Cc1ccc(C(=O)N(c2cccc(C)c2)C2CCN(Cc3ccc([N+](=O)[O-])cc3)CC2)cc1. The number of anilines is 1. The Labute approximate surface area is 194 Å². The van der Waals surface area contributed by atoms with Crippen molar-refractivity contribution in [3.63, 3.8) is 0 Å². The summed E-state index contributed by atoms with van der Waals surface area (Å²) in [5.41, 5.74) is 5.08. The molecular weight excluding hydrogens is 414 g/mol. The Bertz CT molecular complexity index is 1120. The van der Waals surface area contributed by atoms with Gasteiger partial charge in [0.2, 0.25) is 0 Å². The average Bonchev–Trinajstić information content (AvgIpc) is 2.81. The smallest absolute Gasteiger partial charge is 0.269 e. The highest BCUT2D eigenvalue weighted by Gasteiger charge is 2.30. The second-order valence-electron chi connectivity index (χ2n) is 8.81. The van der Waals surface area contributed by atoms with Gasteiger partial charge in [0.25, 0.3) is 11.6 Å². The summed E-state index contributed by atoms with van der Waals surface area (Å²) in [6, 6.07) is 22.8. The first-order valence-electron chi connectivity index (χ1n) is 11.3. The van der Waals surface area contributed by atoms with E-state index < -0.39 is 0 Å². The number of hydrogen-bond acceptors (Lipinski definition) is 4. The Morgan fingerprint density at radius 2 is 1.64 bits per heavy atom. The highest BCUT2D eigenvalue weighted by atomic mass is 16.6. The number of nitro groups is 1. The van der Waals surface area contributed by atoms with Gasteiger partial charge in [0, 0.05) is 49.1 Å². The van der Waals surface area contributed by atoms with Crippen LogP contribution in [-0.2, 0) is 6.54 Å². The summed E-state index contributed by atoms with van der Waals surface area (Å²) in [5.74, 6) is 0.0365. The second kappa shape index (κ2) is 9.96. The predicted molar refractivity (Wildman–Crippen MR) is 131 cm³/mol. The maximum absolute atomic E-state index is 13.6. The first kappa shape index (κ1) is 22.7. The van der Waals surface area contributed by atoms with Gasteiger partial charge in [0.1, 0.15) is 0 Å². The van der Waals surface area contributed by atoms with Crippen LogP contribution in [0.4, 0.5) is 11.4 Å².